The van der Waals surface area contributed by atoms with Gasteiger partial charge in [-0.05, 0) is 37.5 Å². The fraction of sp³-hybridized carbons (Fsp3) is 0.905. The molecule has 0 radical (unpaired) electrons. The lowest BCUT2D eigenvalue weighted by Gasteiger charge is -2.34. The molecule has 1 heterocycles. The van der Waals surface area contributed by atoms with E-state index in [-0.39, 0.29) is 35.9 Å². The van der Waals surface area contributed by atoms with E-state index < -0.39 is 36.1 Å². The van der Waals surface area contributed by atoms with E-state index in [1.165, 1.54) is 0 Å². The van der Waals surface area contributed by atoms with Crippen LogP contribution in [-0.2, 0) is 14.3 Å². The number of carbonyl (C=O) groups is 2. The van der Waals surface area contributed by atoms with E-state index in [0.29, 0.717) is 12.8 Å². The summed E-state index contributed by atoms with van der Waals surface area (Å²) in [5, 5.41) is 21.1. The van der Waals surface area contributed by atoms with Crippen LogP contribution in [0.1, 0.15) is 67.7 Å². The molecule has 9 atom stereocenters. The Morgan fingerprint density at radius 3 is 2.04 bits per heavy atom. The topological polar surface area (TPSA) is 83.8 Å². The van der Waals surface area contributed by atoms with E-state index in [2.05, 4.69) is 13.8 Å². The average Bonchev–Trinajstić information content (AvgIpc) is 2.62. The molecule has 0 aromatic heterocycles. The van der Waals surface area contributed by atoms with Gasteiger partial charge in [-0.15, -0.1) is 0 Å². The summed E-state index contributed by atoms with van der Waals surface area (Å²) >= 11 is 0. The molecule has 5 nitrogen and oxygen atoms in total. The summed E-state index contributed by atoms with van der Waals surface area (Å²) in [6.07, 6.45) is -0.568. The summed E-state index contributed by atoms with van der Waals surface area (Å²) in [5.74, 6) is -1.35. The molecule has 5 heteroatoms. The van der Waals surface area contributed by atoms with Crippen LogP contribution in [0.25, 0.3) is 0 Å². The Balaban J connectivity index is 3.13. The summed E-state index contributed by atoms with van der Waals surface area (Å²) in [6.45, 7) is 13.4. The van der Waals surface area contributed by atoms with Crippen molar-refractivity contribution < 1.29 is 24.5 Å². The summed E-state index contributed by atoms with van der Waals surface area (Å²) < 4.78 is 5.55. The SMILES string of the molecule is CC[C@@H]1C[C@H](O)[C@@H](C)C(=O)[C@H](C)C[C@H](C)[C@H](C)[C@@H](C)[C@H](O)[C@@H](C)C(=O)O1. The van der Waals surface area contributed by atoms with Crippen molar-refractivity contribution in [3.05, 3.63) is 0 Å². The Morgan fingerprint density at radius 1 is 0.923 bits per heavy atom. The Hall–Kier alpha value is -0.940. The average molecular weight is 371 g/mol. The van der Waals surface area contributed by atoms with Gasteiger partial charge in [0.05, 0.1) is 18.1 Å². The van der Waals surface area contributed by atoms with Crippen LogP contribution in [0.3, 0.4) is 0 Å². The van der Waals surface area contributed by atoms with Crippen LogP contribution in [0.15, 0.2) is 0 Å². The lowest BCUT2D eigenvalue weighted by molar-refractivity contribution is -0.161. The molecule has 1 aliphatic rings. The third-order valence-electron chi connectivity index (χ3n) is 6.63. The zero-order chi connectivity index (χ0) is 20.2. The minimum atomic E-state index is -0.836. The molecular formula is C21H38O5. The van der Waals surface area contributed by atoms with E-state index in [4.69, 9.17) is 4.74 Å². The fourth-order valence-corrected chi connectivity index (χ4v) is 3.99. The molecule has 1 rings (SSSR count). The highest BCUT2D eigenvalue weighted by atomic mass is 16.5. The smallest absolute Gasteiger partial charge is 0.311 e. The van der Waals surface area contributed by atoms with Crippen molar-refractivity contribution in [3.63, 3.8) is 0 Å². The molecule has 0 saturated carbocycles. The number of aliphatic hydroxyl groups is 2. The standard InChI is InChI=1S/C21H38O5/c1-8-17-10-18(22)15(6)19(23)12(3)9-11(2)13(4)14(5)20(24)16(7)21(25)26-17/h11-18,20,22,24H,8-10H2,1-7H3/t11-,12+,13-,14+,15+,16+,17+,18-,20-/m0/s1. The number of carbonyl (C=O) groups excluding carboxylic acids is 2. The molecule has 1 aliphatic heterocycles. The minimum Gasteiger partial charge on any atom is -0.462 e. The molecule has 0 spiro atoms. The Kier molecular flexibility index (Phi) is 8.74. The van der Waals surface area contributed by atoms with Gasteiger partial charge in [0.25, 0.3) is 0 Å². The first-order valence-corrected chi connectivity index (χ1v) is 10.1. The van der Waals surface area contributed by atoms with Crippen molar-refractivity contribution >= 4 is 11.8 Å². The first-order valence-electron chi connectivity index (χ1n) is 10.1. The molecule has 0 unspecified atom stereocenters. The number of rotatable bonds is 1. The number of cyclic esters (lactones) is 1. The maximum absolute atomic E-state index is 12.7. The highest BCUT2D eigenvalue weighted by Crippen LogP contribution is 2.33. The largest absolute Gasteiger partial charge is 0.462 e. The third kappa shape index (κ3) is 5.53. The summed E-state index contributed by atoms with van der Waals surface area (Å²) in [5.41, 5.74) is 0. The van der Waals surface area contributed by atoms with Gasteiger partial charge in [0, 0.05) is 18.3 Å². The number of hydrogen-bond acceptors (Lipinski definition) is 5. The highest BCUT2D eigenvalue weighted by Gasteiger charge is 2.36. The number of esters is 1. The number of aliphatic hydroxyl groups excluding tert-OH is 2. The molecule has 0 aromatic carbocycles. The van der Waals surface area contributed by atoms with E-state index in [1.54, 1.807) is 13.8 Å². The molecule has 0 bridgehead atoms. The summed E-state index contributed by atoms with van der Waals surface area (Å²) in [4.78, 5) is 25.2. The molecule has 152 valence electrons. The molecule has 2 N–H and O–H groups in total. The Labute approximate surface area is 158 Å². The quantitative estimate of drug-likeness (QED) is 0.693. The number of hydrogen-bond donors (Lipinski definition) is 2. The first kappa shape index (κ1) is 23.1. The molecule has 0 aliphatic carbocycles. The van der Waals surface area contributed by atoms with Gasteiger partial charge >= 0.3 is 5.97 Å². The van der Waals surface area contributed by atoms with Gasteiger partial charge in [-0.1, -0.05) is 41.5 Å². The summed E-state index contributed by atoms with van der Waals surface area (Å²) in [7, 11) is 0. The lowest BCUT2D eigenvalue weighted by Crippen LogP contribution is -2.40. The number of Topliss-reactive ketones (excluding diaryl/α,β-unsaturated/α-hetero) is 1. The first-order chi connectivity index (χ1) is 12.0. The predicted molar refractivity (Wildman–Crippen MR) is 101 cm³/mol. The normalized spacial score (nSPS) is 44.3. The van der Waals surface area contributed by atoms with Gasteiger partial charge in [0.2, 0.25) is 0 Å². The molecule has 1 saturated heterocycles. The van der Waals surface area contributed by atoms with E-state index in [0.717, 1.165) is 0 Å². The van der Waals surface area contributed by atoms with Crippen LogP contribution in [0.4, 0.5) is 0 Å². The van der Waals surface area contributed by atoms with Gasteiger partial charge < -0.3 is 14.9 Å². The number of ether oxygens (including phenoxy) is 1. The number of ketones is 1. The highest BCUT2D eigenvalue weighted by molar-refractivity contribution is 5.83. The van der Waals surface area contributed by atoms with Crippen LogP contribution < -0.4 is 0 Å². The second-order valence-electron chi connectivity index (χ2n) is 8.57. The molecule has 26 heavy (non-hydrogen) atoms. The van der Waals surface area contributed by atoms with Crippen LogP contribution in [0.5, 0.6) is 0 Å². The van der Waals surface area contributed by atoms with Gasteiger partial charge in [-0.2, -0.15) is 0 Å². The minimum absolute atomic E-state index is 0.0522. The third-order valence-corrected chi connectivity index (χ3v) is 6.63. The molecule has 0 amide bonds. The maximum Gasteiger partial charge on any atom is 0.311 e. The monoisotopic (exact) mass is 370 g/mol. The van der Waals surface area contributed by atoms with Crippen molar-refractivity contribution in [2.75, 3.05) is 0 Å². The summed E-state index contributed by atoms with van der Waals surface area (Å²) in [6, 6.07) is 0. The van der Waals surface area contributed by atoms with Crippen molar-refractivity contribution in [1.82, 2.24) is 0 Å². The van der Waals surface area contributed by atoms with Crippen molar-refractivity contribution in [2.24, 2.45) is 35.5 Å². The van der Waals surface area contributed by atoms with Crippen LogP contribution in [0, 0.1) is 35.5 Å². The van der Waals surface area contributed by atoms with Gasteiger partial charge in [0.15, 0.2) is 0 Å². The van der Waals surface area contributed by atoms with Gasteiger partial charge in [-0.3, -0.25) is 9.59 Å². The maximum atomic E-state index is 12.7. The van der Waals surface area contributed by atoms with Crippen LogP contribution >= 0.6 is 0 Å². The van der Waals surface area contributed by atoms with Crippen molar-refractivity contribution in [3.8, 4) is 0 Å². The van der Waals surface area contributed by atoms with Crippen molar-refractivity contribution in [1.29, 1.82) is 0 Å². The van der Waals surface area contributed by atoms with Gasteiger partial charge in [-0.25, -0.2) is 0 Å². The molecular weight excluding hydrogens is 332 g/mol. The molecule has 1 fully saturated rings. The predicted octanol–water partition coefficient (Wildman–Crippen LogP) is 3.21. The lowest BCUT2D eigenvalue weighted by atomic mass is 9.74. The van der Waals surface area contributed by atoms with Crippen LogP contribution in [0.2, 0.25) is 0 Å². The van der Waals surface area contributed by atoms with Crippen molar-refractivity contribution in [2.45, 2.75) is 86.0 Å². The van der Waals surface area contributed by atoms with Gasteiger partial charge in [0.1, 0.15) is 11.9 Å². The van der Waals surface area contributed by atoms with E-state index >= 15 is 0 Å². The zero-order valence-electron chi connectivity index (χ0n) is 17.4. The second-order valence-corrected chi connectivity index (χ2v) is 8.57. The van der Waals surface area contributed by atoms with E-state index in [9.17, 15) is 19.8 Å². The fourth-order valence-electron chi connectivity index (χ4n) is 3.99. The van der Waals surface area contributed by atoms with Crippen LogP contribution in [-0.4, -0.2) is 40.3 Å². The molecule has 0 aromatic rings. The zero-order valence-corrected chi connectivity index (χ0v) is 17.4. The second kappa shape index (κ2) is 9.84. The Bertz CT molecular complexity index is 477. The van der Waals surface area contributed by atoms with E-state index in [1.807, 2.05) is 20.8 Å². The Morgan fingerprint density at radius 2 is 1.50 bits per heavy atom.